The van der Waals surface area contributed by atoms with Crippen LogP contribution in [-0.2, 0) is 11.3 Å². The van der Waals surface area contributed by atoms with Crippen LogP contribution in [-0.4, -0.2) is 38.8 Å². The molecule has 0 spiro atoms. The number of nitrogens with zero attached hydrogens (tertiary/aromatic N) is 3. The molecule has 4 amide bonds. The summed E-state index contributed by atoms with van der Waals surface area (Å²) >= 11 is -0.274. The first-order valence-corrected chi connectivity index (χ1v) is 12.0. The summed E-state index contributed by atoms with van der Waals surface area (Å²) < 4.78 is 37.9. The summed E-state index contributed by atoms with van der Waals surface area (Å²) in [4.78, 5) is 45.4. The summed E-state index contributed by atoms with van der Waals surface area (Å²) in [6, 6.07) is 14.8. The van der Waals surface area contributed by atoms with Crippen molar-refractivity contribution in [1.29, 1.82) is 0 Å². The third kappa shape index (κ3) is 5.77. The third-order valence-corrected chi connectivity index (χ3v) is 6.61. The van der Waals surface area contributed by atoms with Gasteiger partial charge in [0, 0.05) is 23.2 Å². The SMILES string of the molecule is Cc1ccc(C(=O)Nc2cc(CN3C(=O)N(c4ccc(SC(F)(F)F)cc4)C(=O)C3(C)C)ccn2)cc1. The van der Waals surface area contributed by atoms with E-state index in [4.69, 9.17) is 0 Å². The minimum Gasteiger partial charge on any atom is -0.307 e. The van der Waals surface area contributed by atoms with Crippen LogP contribution in [0, 0.1) is 6.92 Å². The van der Waals surface area contributed by atoms with Crippen LogP contribution in [0.1, 0.15) is 35.3 Å². The van der Waals surface area contributed by atoms with Crippen LogP contribution in [0.5, 0.6) is 0 Å². The highest BCUT2D eigenvalue weighted by Crippen LogP contribution is 2.39. The third-order valence-electron chi connectivity index (χ3n) is 5.87. The number of benzene rings is 2. The Morgan fingerprint density at radius 3 is 2.30 bits per heavy atom. The first-order valence-electron chi connectivity index (χ1n) is 11.2. The normalized spacial score (nSPS) is 15.3. The molecule has 11 heteroatoms. The number of amides is 4. The number of alkyl halides is 3. The Morgan fingerprint density at radius 1 is 1.03 bits per heavy atom. The van der Waals surface area contributed by atoms with Crippen molar-refractivity contribution in [2.45, 2.75) is 43.3 Å². The minimum absolute atomic E-state index is 0.0476. The fraction of sp³-hybridized carbons (Fsp3) is 0.231. The number of anilines is 2. The average Bonchev–Trinajstić information content (AvgIpc) is 2.99. The van der Waals surface area contributed by atoms with E-state index < -0.39 is 23.0 Å². The molecule has 1 aromatic heterocycles. The average molecular weight is 529 g/mol. The summed E-state index contributed by atoms with van der Waals surface area (Å²) in [5, 5.41) is 2.73. The zero-order chi connectivity index (χ0) is 27.0. The molecule has 1 aliphatic rings. The maximum Gasteiger partial charge on any atom is 0.446 e. The molecule has 1 aliphatic heterocycles. The minimum atomic E-state index is -4.44. The van der Waals surface area contributed by atoms with Crippen molar-refractivity contribution in [2.75, 3.05) is 10.2 Å². The van der Waals surface area contributed by atoms with Gasteiger partial charge in [0.2, 0.25) is 0 Å². The Kier molecular flexibility index (Phi) is 7.00. The number of nitrogens with one attached hydrogen (secondary N) is 1. The van der Waals surface area contributed by atoms with Gasteiger partial charge in [0.15, 0.2) is 0 Å². The van der Waals surface area contributed by atoms with E-state index >= 15 is 0 Å². The molecule has 3 aromatic rings. The molecular weight excluding hydrogens is 505 g/mol. The lowest BCUT2D eigenvalue weighted by Gasteiger charge is -2.27. The van der Waals surface area contributed by atoms with Gasteiger partial charge in [-0.15, -0.1) is 0 Å². The van der Waals surface area contributed by atoms with Crippen LogP contribution in [0.4, 0.5) is 29.5 Å². The Hall–Kier alpha value is -3.86. The lowest BCUT2D eigenvalue weighted by molar-refractivity contribution is -0.123. The second kappa shape index (κ2) is 9.89. The van der Waals surface area contributed by atoms with E-state index in [0.29, 0.717) is 11.1 Å². The molecular formula is C26H23F3N4O3S. The second-order valence-electron chi connectivity index (χ2n) is 8.98. The smallest absolute Gasteiger partial charge is 0.307 e. The van der Waals surface area contributed by atoms with Crippen molar-refractivity contribution >= 4 is 41.1 Å². The van der Waals surface area contributed by atoms with Crippen molar-refractivity contribution < 1.29 is 27.6 Å². The Balaban J connectivity index is 1.51. The molecule has 7 nitrogen and oxygen atoms in total. The number of urea groups is 1. The molecule has 1 saturated heterocycles. The van der Waals surface area contributed by atoms with E-state index in [1.54, 1.807) is 38.1 Å². The van der Waals surface area contributed by atoms with Gasteiger partial charge in [-0.1, -0.05) is 17.7 Å². The van der Waals surface area contributed by atoms with E-state index in [1.807, 2.05) is 19.1 Å². The number of rotatable bonds is 6. The summed E-state index contributed by atoms with van der Waals surface area (Å²) in [6.45, 7) is 5.17. The van der Waals surface area contributed by atoms with E-state index in [9.17, 15) is 27.6 Å². The fourth-order valence-corrected chi connectivity index (χ4v) is 4.38. The molecule has 1 fully saturated rings. The quantitative estimate of drug-likeness (QED) is 0.313. The number of hydrogen-bond acceptors (Lipinski definition) is 5. The van der Waals surface area contributed by atoms with Gasteiger partial charge in [0.1, 0.15) is 11.4 Å². The van der Waals surface area contributed by atoms with Gasteiger partial charge in [-0.05, 0) is 86.6 Å². The van der Waals surface area contributed by atoms with Crippen molar-refractivity contribution in [3.63, 3.8) is 0 Å². The first kappa shape index (κ1) is 26.2. The molecule has 0 unspecified atom stereocenters. The van der Waals surface area contributed by atoms with E-state index in [1.165, 1.54) is 35.4 Å². The van der Waals surface area contributed by atoms with Crippen LogP contribution < -0.4 is 10.2 Å². The van der Waals surface area contributed by atoms with Crippen molar-refractivity contribution in [1.82, 2.24) is 9.88 Å². The number of aromatic nitrogens is 1. The Morgan fingerprint density at radius 2 is 1.68 bits per heavy atom. The predicted molar refractivity (Wildman–Crippen MR) is 134 cm³/mol. The Bertz CT molecular complexity index is 1340. The van der Waals surface area contributed by atoms with Crippen LogP contribution >= 0.6 is 11.8 Å². The van der Waals surface area contributed by atoms with Gasteiger partial charge in [0.25, 0.3) is 11.8 Å². The molecule has 1 N–H and O–H groups in total. The van der Waals surface area contributed by atoms with Crippen LogP contribution in [0.3, 0.4) is 0 Å². The molecule has 2 aromatic carbocycles. The van der Waals surface area contributed by atoms with Crippen molar-refractivity contribution in [3.8, 4) is 0 Å². The molecule has 2 heterocycles. The van der Waals surface area contributed by atoms with Crippen molar-refractivity contribution in [2.24, 2.45) is 0 Å². The maximum atomic E-state index is 13.3. The highest BCUT2D eigenvalue weighted by molar-refractivity contribution is 8.00. The van der Waals surface area contributed by atoms with E-state index in [2.05, 4.69) is 10.3 Å². The first-order chi connectivity index (χ1) is 17.3. The highest BCUT2D eigenvalue weighted by atomic mass is 32.2. The molecule has 0 atom stereocenters. The molecule has 4 rings (SSSR count). The number of carbonyl (C=O) groups is 3. The van der Waals surface area contributed by atoms with Gasteiger partial charge in [-0.2, -0.15) is 13.2 Å². The molecule has 37 heavy (non-hydrogen) atoms. The molecule has 0 saturated carbocycles. The summed E-state index contributed by atoms with van der Waals surface area (Å²) in [7, 11) is 0. The summed E-state index contributed by atoms with van der Waals surface area (Å²) in [5.41, 5.74) is -3.36. The number of imide groups is 1. The summed E-state index contributed by atoms with van der Waals surface area (Å²) in [5.74, 6) is -0.556. The van der Waals surface area contributed by atoms with Crippen LogP contribution in [0.25, 0.3) is 0 Å². The molecule has 192 valence electrons. The number of thioether (sulfide) groups is 1. The zero-order valence-electron chi connectivity index (χ0n) is 20.2. The van der Waals surface area contributed by atoms with Gasteiger partial charge in [-0.3, -0.25) is 9.59 Å². The van der Waals surface area contributed by atoms with Gasteiger partial charge in [0.05, 0.1) is 5.69 Å². The lowest BCUT2D eigenvalue weighted by atomic mass is 10.0. The molecule has 0 aliphatic carbocycles. The van der Waals surface area contributed by atoms with Gasteiger partial charge >= 0.3 is 11.5 Å². The summed E-state index contributed by atoms with van der Waals surface area (Å²) in [6.07, 6.45) is 1.49. The lowest BCUT2D eigenvalue weighted by Crippen LogP contribution is -2.43. The predicted octanol–water partition coefficient (Wildman–Crippen LogP) is 6.00. The highest BCUT2D eigenvalue weighted by Gasteiger charge is 2.51. The molecule has 0 bridgehead atoms. The standard InChI is InChI=1S/C26H23F3N4O3S/c1-16-4-6-18(7-5-16)22(34)31-21-14-17(12-13-30-21)15-32-24(36)33(23(35)25(32,2)3)19-8-10-20(11-9-19)37-26(27,28)29/h4-14H,15H2,1-3H3,(H,30,31,34). The monoisotopic (exact) mass is 528 g/mol. The number of pyridine rings is 1. The van der Waals surface area contributed by atoms with Gasteiger partial charge in [-0.25, -0.2) is 14.7 Å². The Labute approximate surface area is 215 Å². The van der Waals surface area contributed by atoms with E-state index in [-0.39, 0.29) is 40.6 Å². The topological polar surface area (TPSA) is 82.6 Å². The number of halogens is 3. The molecule has 0 radical (unpaired) electrons. The van der Waals surface area contributed by atoms with Crippen LogP contribution in [0.15, 0.2) is 71.8 Å². The van der Waals surface area contributed by atoms with Crippen molar-refractivity contribution in [3.05, 3.63) is 83.6 Å². The fourth-order valence-electron chi connectivity index (χ4n) is 3.84. The van der Waals surface area contributed by atoms with Gasteiger partial charge < -0.3 is 10.2 Å². The van der Waals surface area contributed by atoms with Crippen LogP contribution in [0.2, 0.25) is 0 Å². The number of hydrogen-bond donors (Lipinski definition) is 1. The zero-order valence-corrected chi connectivity index (χ0v) is 21.0. The second-order valence-corrected chi connectivity index (χ2v) is 10.1. The number of carbonyl (C=O) groups excluding carboxylic acids is 3. The number of aryl methyl sites for hydroxylation is 1. The van der Waals surface area contributed by atoms with E-state index in [0.717, 1.165) is 10.5 Å². The maximum absolute atomic E-state index is 13.3. The largest absolute Gasteiger partial charge is 0.446 e.